The summed E-state index contributed by atoms with van der Waals surface area (Å²) in [5.41, 5.74) is 2.13. The number of benzene rings is 2. The summed E-state index contributed by atoms with van der Waals surface area (Å²) in [6.07, 6.45) is 0.745. The smallest absolute Gasteiger partial charge is 0.122 e. The molecular weight excluding hydrogens is 304 g/mol. The number of carbonyl (C=O) groups excluding carboxylic acids is 1. The third-order valence-corrected chi connectivity index (χ3v) is 3.83. The van der Waals surface area contributed by atoms with Gasteiger partial charge in [0.15, 0.2) is 0 Å². The number of hydrogen-bond acceptors (Lipinski definition) is 4. The van der Waals surface area contributed by atoms with Crippen LogP contribution in [0.2, 0.25) is 0 Å². The molecule has 0 aliphatic rings. The molecule has 0 bridgehead atoms. The third kappa shape index (κ3) is 5.80. The molecule has 2 atom stereocenters. The first-order chi connectivity index (χ1) is 11.7. The van der Waals surface area contributed by atoms with Crippen LogP contribution in [0.3, 0.4) is 0 Å². The van der Waals surface area contributed by atoms with Gasteiger partial charge in [-0.25, -0.2) is 0 Å². The Morgan fingerprint density at radius 3 is 2.17 bits per heavy atom. The van der Waals surface area contributed by atoms with Crippen molar-refractivity contribution in [3.8, 4) is 5.75 Å². The molecule has 0 amide bonds. The van der Waals surface area contributed by atoms with Crippen molar-refractivity contribution in [3.05, 3.63) is 65.7 Å². The molecule has 2 rings (SSSR count). The van der Waals surface area contributed by atoms with Crippen LogP contribution in [0.15, 0.2) is 54.6 Å². The highest BCUT2D eigenvalue weighted by Crippen LogP contribution is 2.16. The summed E-state index contributed by atoms with van der Waals surface area (Å²) in [4.78, 5) is 10.9. The summed E-state index contributed by atoms with van der Waals surface area (Å²) in [6, 6.07) is 17.6. The average Bonchev–Trinajstić information content (AvgIpc) is 2.64. The summed E-state index contributed by atoms with van der Waals surface area (Å²) >= 11 is 0. The molecule has 0 fully saturated rings. The zero-order valence-corrected chi connectivity index (χ0v) is 14.2. The molecule has 0 radical (unpaired) electrons. The lowest BCUT2D eigenvalue weighted by molar-refractivity contribution is -0.117. The lowest BCUT2D eigenvalue weighted by Gasteiger charge is -2.23. The number of carbonyl (C=O) groups is 1. The third-order valence-electron chi connectivity index (χ3n) is 3.83. The molecule has 1 unspecified atom stereocenters. The van der Waals surface area contributed by atoms with E-state index in [-0.39, 0.29) is 12.2 Å². The monoisotopic (exact) mass is 328 g/mol. The second kappa shape index (κ2) is 9.85. The van der Waals surface area contributed by atoms with Crippen molar-refractivity contribution < 1.29 is 19.0 Å². The average molecular weight is 328 g/mol. The van der Waals surface area contributed by atoms with E-state index in [4.69, 9.17) is 14.2 Å². The largest absolute Gasteiger partial charge is 0.497 e. The molecule has 4 nitrogen and oxygen atoms in total. The first-order valence-electron chi connectivity index (χ1n) is 8.06. The van der Waals surface area contributed by atoms with E-state index in [0.29, 0.717) is 19.6 Å². The Bertz CT molecular complexity index is 595. The molecule has 4 heteroatoms. The van der Waals surface area contributed by atoms with Crippen LogP contribution >= 0.6 is 0 Å². The minimum Gasteiger partial charge on any atom is -0.497 e. The summed E-state index contributed by atoms with van der Waals surface area (Å²) in [6.45, 7) is 2.87. The molecule has 128 valence electrons. The fourth-order valence-corrected chi connectivity index (χ4v) is 2.32. The van der Waals surface area contributed by atoms with Crippen LogP contribution in [0.1, 0.15) is 24.5 Å². The minimum absolute atomic E-state index is 0.173. The molecule has 0 heterocycles. The van der Waals surface area contributed by atoms with Crippen molar-refractivity contribution in [2.45, 2.75) is 38.8 Å². The van der Waals surface area contributed by atoms with Crippen LogP contribution in [0.25, 0.3) is 0 Å². The molecular formula is C20H24O4. The molecule has 0 saturated carbocycles. The van der Waals surface area contributed by atoms with Gasteiger partial charge < -0.3 is 19.0 Å². The fraction of sp³-hybridized carbons (Fsp3) is 0.350. The number of methoxy groups -OCH3 is 1. The van der Waals surface area contributed by atoms with Gasteiger partial charge in [-0.15, -0.1) is 0 Å². The van der Waals surface area contributed by atoms with Crippen molar-refractivity contribution in [2.75, 3.05) is 7.11 Å². The Labute approximate surface area is 143 Å². The standard InChI is InChI=1S/C20H24O4/c1-16(23-14-17-6-4-3-5-7-17)20(12-13-21)24-15-18-8-10-19(22-2)11-9-18/h3-11,13,16,20H,12,14-15H2,1-2H3/t16-,20?/m0/s1. The van der Waals surface area contributed by atoms with Gasteiger partial charge in [-0.3, -0.25) is 0 Å². The van der Waals surface area contributed by atoms with Crippen molar-refractivity contribution >= 4 is 6.29 Å². The number of ether oxygens (including phenoxy) is 3. The van der Waals surface area contributed by atoms with Crippen molar-refractivity contribution in [3.63, 3.8) is 0 Å². The summed E-state index contributed by atoms with van der Waals surface area (Å²) < 4.78 is 16.9. The Morgan fingerprint density at radius 2 is 1.54 bits per heavy atom. The number of rotatable bonds is 10. The van der Waals surface area contributed by atoms with Crippen molar-refractivity contribution in [1.82, 2.24) is 0 Å². The maximum Gasteiger partial charge on any atom is 0.122 e. The summed E-state index contributed by atoms with van der Waals surface area (Å²) in [7, 11) is 1.64. The molecule has 0 spiro atoms. The van der Waals surface area contributed by atoms with E-state index in [9.17, 15) is 4.79 Å². The number of aldehydes is 1. The van der Waals surface area contributed by atoms with Gasteiger partial charge in [0.1, 0.15) is 12.0 Å². The maximum atomic E-state index is 10.9. The highest BCUT2D eigenvalue weighted by molar-refractivity contribution is 5.50. The predicted octanol–water partition coefficient (Wildman–Crippen LogP) is 3.77. The molecule has 2 aromatic rings. The highest BCUT2D eigenvalue weighted by atomic mass is 16.5. The van der Waals surface area contributed by atoms with E-state index in [1.165, 1.54) is 0 Å². The van der Waals surface area contributed by atoms with E-state index in [2.05, 4.69) is 0 Å². The molecule has 0 N–H and O–H groups in total. The zero-order chi connectivity index (χ0) is 17.2. The van der Waals surface area contributed by atoms with E-state index in [0.717, 1.165) is 23.2 Å². The van der Waals surface area contributed by atoms with E-state index in [1.807, 2.05) is 61.5 Å². The van der Waals surface area contributed by atoms with Crippen LogP contribution in [0.4, 0.5) is 0 Å². The highest BCUT2D eigenvalue weighted by Gasteiger charge is 2.18. The van der Waals surface area contributed by atoms with Gasteiger partial charge in [0.05, 0.1) is 32.5 Å². The van der Waals surface area contributed by atoms with Crippen LogP contribution in [-0.2, 0) is 27.5 Å². The molecule has 0 saturated heterocycles. The van der Waals surface area contributed by atoms with E-state index < -0.39 is 0 Å². The Hall–Kier alpha value is -2.17. The molecule has 24 heavy (non-hydrogen) atoms. The first kappa shape index (κ1) is 18.2. The van der Waals surface area contributed by atoms with E-state index in [1.54, 1.807) is 7.11 Å². The second-order valence-electron chi connectivity index (χ2n) is 5.60. The van der Waals surface area contributed by atoms with Crippen LogP contribution in [0, 0.1) is 0 Å². The SMILES string of the molecule is COc1ccc(COC(CC=O)[C@H](C)OCc2ccccc2)cc1. The van der Waals surface area contributed by atoms with Crippen LogP contribution in [-0.4, -0.2) is 25.6 Å². The first-order valence-corrected chi connectivity index (χ1v) is 8.06. The Balaban J connectivity index is 1.86. The Morgan fingerprint density at radius 1 is 0.917 bits per heavy atom. The molecule has 0 aromatic heterocycles. The summed E-state index contributed by atoms with van der Waals surface area (Å²) in [5.74, 6) is 0.808. The lowest BCUT2D eigenvalue weighted by Crippen LogP contribution is -2.29. The molecule has 0 aliphatic heterocycles. The Kier molecular flexibility index (Phi) is 7.46. The van der Waals surface area contributed by atoms with Gasteiger partial charge in [-0.05, 0) is 30.2 Å². The van der Waals surface area contributed by atoms with Gasteiger partial charge >= 0.3 is 0 Å². The molecule has 0 aliphatic carbocycles. The maximum absolute atomic E-state index is 10.9. The fourth-order valence-electron chi connectivity index (χ4n) is 2.32. The van der Waals surface area contributed by atoms with Gasteiger partial charge in [-0.2, -0.15) is 0 Å². The summed E-state index contributed by atoms with van der Waals surface area (Å²) in [5, 5.41) is 0. The normalized spacial score (nSPS) is 13.2. The van der Waals surface area contributed by atoms with Gasteiger partial charge in [0.25, 0.3) is 0 Å². The second-order valence-corrected chi connectivity index (χ2v) is 5.60. The number of hydrogen-bond donors (Lipinski definition) is 0. The lowest BCUT2D eigenvalue weighted by atomic mass is 10.1. The van der Waals surface area contributed by atoms with Gasteiger partial charge in [0.2, 0.25) is 0 Å². The quantitative estimate of drug-likeness (QED) is 0.623. The minimum atomic E-state index is -0.270. The van der Waals surface area contributed by atoms with Crippen LogP contribution in [0.5, 0.6) is 5.75 Å². The van der Waals surface area contributed by atoms with Crippen LogP contribution < -0.4 is 4.74 Å². The van der Waals surface area contributed by atoms with Crippen molar-refractivity contribution in [2.24, 2.45) is 0 Å². The predicted molar refractivity (Wildman–Crippen MR) is 92.9 cm³/mol. The van der Waals surface area contributed by atoms with E-state index >= 15 is 0 Å². The zero-order valence-electron chi connectivity index (χ0n) is 14.2. The molecule has 2 aromatic carbocycles. The van der Waals surface area contributed by atoms with Crippen molar-refractivity contribution in [1.29, 1.82) is 0 Å². The van der Waals surface area contributed by atoms with Gasteiger partial charge in [0, 0.05) is 6.42 Å². The topological polar surface area (TPSA) is 44.8 Å². The van der Waals surface area contributed by atoms with Gasteiger partial charge in [-0.1, -0.05) is 42.5 Å².